The molecule has 520 valence electrons. The van der Waals surface area contributed by atoms with Crippen molar-refractivity contribution in [2.24, 2.45) is 0 Å². The second-order valence-corrected chi connectivity index (χ2v) is 22.6. The van der Waals surface area contributed by atoms with Gasteiger partial charge in [-0.05, 0) is 218 Å². The predicted molar refractivity (Wildman–Crippen MR) is 404 cm³/mol. The van der Waals surface area contributed by atoms with E-state index in [1.807, 2.05) is 134 Å². The first-order valence-corrected chi connectivity index (χ1v) is 32.3. The number of hydrogen-bond acceptors (Lipinski definition) is 9. The van der Waals surface area contributed by atoms with Crippen LogP contribution in [0.1, 0.15) is 117 Å². The number of nitriles is 8. The molecular weight excluding hydrogens is 1390 g/mol. The summed E-state index contributed by atoms with van der Waals surface area (Å²) in [4.78, 5) is 0. The SMILES string of the molecule is Cc1cccc(C#Cc2cc(F)cc(C#N)c2)c1.N#CCc1cccc(C#Cc2cc(F)cc(C#N)c2)c1.N#Cc1cc(F)cc(C#Cc2cccc(F)c2)c1.N#Cc1cc(F)cc(C#Cc2cccc(N)c2)c1.N#Cc1cc(F)cc(C#Cc2ccccc2)c1.N#Cc1cccc(C#Cc2cc(F)cc(C#N)c2)c1. The van der Waals surface area contributed by atoms with E-state index >= 15 is 0 Å². The summed E-state index contributed by atoms with van der Waals surface area (Å²) in [6, 6.07) is 83.6. The van der Waals surface area contributed by atoms with Gasteiger partial charge in [0.05, 0.1) is 93.9 Å². The standard InChI is InChI=1S/C17H9FN2.C16H7FN2.C16H10FN.C15H7F2N.C15H9FN2.C15H8FN/c18-17-10-15(9-16(11-17)12-20)5-4-13-2-1-3-14(8-13)6-7-19;17-16-8-13(7-15(9-16)11-19)5-4-12-2-1-3-14(6-12)10-18;1-12-3-2-4-13(7-12)5-6-14-8-15(11-18)10-16(17)9-14;16-14-3-1-2-11(7-14)4-5-12-6-13(10-18)9-15(17)8-12;16-14-7-12(6-13(8-14)10-17)5-4-11-2-1-3-15(18)9-11;16-15-9-13(8-14(10-15)11-17)7-6-12-4-2-1-3-5-12/h1-3,8-11H,6H2;1-3,6-9H;2-4,7-10H,1H3;1-3,6-9H;1-3,6-9H,18H2;1-5,8-10H. The van der Waals surface area contributed by atoms with Gasteiger partial charge in [0, 0.05) is 72.4 Å². The van der Waals surface area contributed by atoms with Crippen LogP contribution in [0, 0.1) is 209 Å². The van der Waals surface area contributed by atoms with Crippen LogP contribution in [0.3, 0.4) is 0 Å². The maximum absolute atomic E-state index is 13.3. The molecule has 0 radical (unpaired) electrons. The predicted octanol–water partition coefficient (Wildman–Crippen LogP) is 18.6. The van der Waals surface area contributed by atoms with Crippen molar-refractivity contribution < 1.29 is 30.7 Å². The summed E-state index contributed by atoms with van der Waals surface area (Å²) in [5.74, 6) is 30.8. The molecule has 0 saturated heterocycles. The van der Waals surface area contributed by atoms with Crippen LogP contribution in [0.25, 0.3) is 0 Å². The second-order valence-electron chi connectivity index (χ2n) is 22.6. The van der Waals surface area contributed by atoms with Gasteiger partial charge in [0.15, 0.2) is 0 Å². The highest BCUT2D eigenvalue weighted by atomic mass is 19.2. The summed E-state index contributed by atoms with van der Waals surface area (Å²) in [6.45, 7) is 1.99. The Labute approximate surface area is 632 Å². The molecule has 0 bridgehead atoms. The summed E-state index contributed by atoms with van der Waals surface area (Å²) >= 11 is 0. The number of hydrogen-bond donors (Lipinski definition) is 1. The minimum absolute atomic E-state index is 0.207. The van der Waals surface area contributed by atoms with Crippen LogP contribution in [0.5, 0.6) is 0 Å². The molecule has 16 heteroatoms. The van der Waals surface area contributed by atoms with E-state index in [1.165, 1.54) is 91.0 Å². The molecule has 9 nitrogen and oxygen atoms in total. The highest BCUT2D eigenvalue weighted by molar-refractivity contribution is 5.55. The lowest BCUT2D eigenvalue weighted by Crippen LogP contribution is -1.85. The first-order chi connectivity index (χ1) is 53.2. The zero-order valence-electron chi connectivity index (χ0n) is 57.8. The van der Waals surface area contributed by atoms with E-state index < -0.39 is 34.9 Å². The molecule has 0 unspecified atom stereocenters. The number of nitrogen functional groups attached to an aromatic ring is 1. The van der Waals surface area contributed by atoms with Gasteiger partial charge in [-0.3, -0.25) is 0 Å². The Kier molecular flexibility index (Phi) is 31.2. The summed E-state index contributed by atoms with van der Waals surface area (Å²) in [5.41, 5.74) is 17.4. The van der Waals surface area contributed by atoms with Crippen LogP contribution in [0.4, 0.5) is 36.4 Å². The lowest BCUT2D eigenvalue weighted by molar-refractivity contribution is 0.626. The number of halogens is 7. The average molecular weight is 1440 g/mol. The Morgan fingerprint density at radius 3 is 0.800 bits per heavy atom. The molecule has 12 rings (SSSR count). The number of rotatable bonds is 1. The fourth-order valence-electron chi connectivity index (χ4n) is 9.17. The third-order valence-electron chi connectivity index (χ3n) is 14.0. The van der Waals surface area contributed by atoms with E-state index in [2.05, 4.69) is 77.1 Å². The van der Waals surface area contributed by atoms with Crippen LogP contribution < -0.4 is 5.73 Å². The average Bonchev–Trinajstić information content (AvgIpc) is 0.960. The summed E-state index contributed by atoms with van der Waals surface area (Å²) in [6.07, 6.45) is 0.327. The molecule has 110 heavy (non-hydrogen) atoms. The minimum atomic E-state index is -0.516. The molecule has 0 amide bonds. The van der Waals surface area contributed by atoms with Crippen molar-refractivity contribution >= 4 is 5.69 Å². The van der Waals surface area contributed by atoms with Crippen LogP contribution >= 0.6 is 0 Å². The first kappa shape index (κ1) is 80.5. The fourth-order valence-corrected chi connectivity index (χ4v) is 9.17. The summed E-state index contributed by atoms with van der Waals surface area (Å²) < 4.78 is 92.0. The zero-order chi connectivity index (χ0) is 79.0. The molecule has 0 fully saturated rings. The number of nitrogens with two attached hydrogens (primary N) is 1. The highest BCUT2D eigenvalue weighted by Gasteiger charge is 2.05. The highest BCUT2D eigenvalue weighted by Crippen LogP contribution is 2.16. The number of anilines is 1. The van der Waals surface area contributed by atoms with Gasteiger partial charge in [-0.2, -0.15) is 42.1 Å². The fraction of sp³-hybridized carbons (Fsp3) is 0.0213. The monoisotopic (exact) mass is 1440 g/mol. The maximum Gasteiger partial charge on any atom is 0.125 e. The Bertz CT molecular complexity index is 5900. The van der Waals surface area contributed by atoms with E-state index in [9.17, 15) is 30.7 Å². The maximum atomic E-state index is 13.3. The lowest BCUT2D eigenvalue weighted by atomic mass is 10.1. The molecule has 12 aromatic carbocycles. The van der Waals surface area contributed by atoms with Gasteiger partial charge in [0.25, 0.3) is 0 Å². The molecule has 12 aromatic rings. The van der Waals surface area contributed by atoms with Crippen LogP contribution in [-0.4, -0.2) is 0 Å². The van der Waals surface area contributed by atoms with Gasteiger partial charge in [0.1, 0.15) is 40.7 Å². The molecule has 0 heterocycles. The van der Waals surface area contributed by atoms with Crippen molar-refractivity contribution in [2.45, 2.75) is 13.3 Å². The Morgan fingerprint density at radius 2 is 0.464 bits per heavy atom. The van der Waals surface area contributed by atoms with E-state index in [1.54, 1.807) is 72.8 Å². The van der Waals surface area contributed by atoms with Crippen molar-refractivity contribution in [1.29, 1.82) is 42.1 Å². The first-order valence-electron chi connectivity index (χ1n) is 32.3. The number of aryl methyl sites for hydroxylation is 1. The third kappa shape index (κ3) is 28.9. The van der Waals surface area contributed by atoms with Crippen molar-refractivity contribution in [3.63, 3.8) is 0 Å². The van der Waals surface area contributed by atoms with Crippen LogP contribution in [-0.2, 0) is 6.42 Å². The normalized spacial score (nSPS) is 9.02. The Morgan fingerprint density at radius 1 is 0.218 bits per heavy atom. The van der Waals surface area contributed by atoms with Gasteiger partial charge < -0.3 is 5.73 Å². The molecule has 0 aliphatic carbocycles. The van der Waals surface area contributed by atoms with Crippen LogP contribution in [0.2, 0.25) is 0 Å². The molecule has 0 saturated carbocycles. The Balaban J connectivity index is 0.000000184. The van der Waals surface area contributed by atoms with Crippen molar-refractivity contribution in [1.82, 2.24) is 0 Å². The van der Waals surface area contributed by atoms with E-state index in [4.69, 9.17) is 47.8 Å². The van der Waals surface area contributed by atoms with Gasteiger partial charge in [-0.1, -0.05) is 132 Å². The molecule has 0 spiro atoms. The van der Waals surface area contributed by atoms with Gasteiger partial charge in [-0.25, -0.2) is 30.7 Å². The van der Waals surface area contributed by atoms with Crippen LogP contribution in [0.15, 0.2) is 261 Å². The van der Waals surface area contributed by atoms with E-state index in [0.717, 1.165) is 45.5 Å². The second kappa shape index (κ2) is 42.6. The largest absolute Gasteiger partial charge is 0.399 e. The third-order valence-corrected chi connectivity index (χ3v) is 14.0. The zero-order valence-corrected chi connectivity index (χ0v) is 57.8. The molecule has 0 atom stereocenters. The topological polar surface area (TPSA) is 216 Å². The minimum Gasteiger partial charge on any atom is -0.399 e. The summed E-state index contributed by atoms with van der Waals surface area (Å²) in [5, 5.41) is 69.8. The molecule has 2 N–H and O–H groups in total. The molecule has 0 aliphatic heterocycles. The van der Waals surface area contributed by atoms with Crippen molar-refractivity contribution in [2.75, 3.05) is 5.73 Å². The molecule has 0 aliphatic rings. The van der Waals surface area contributed by atoms with E-state index in [-0.39, 0.29) is 39.2 Å². The van der Waals surface area contributed by atoms with Crippen molar-refractivity contribution in [3.05, 3.63) is 418 Å². The lowest BCUT2D eigenvalue weighted by Gasteiger charge is -1.96. The van der Waals surface area contributed by atoms with Crippen molar-refractivity contribution in [3.8, 4) is 120 Å². The quantitative estimate of drug-likeness (QED) is 0.0938. The smallest absolute Gasteiger partial charge is 0.125 e. The number of nitrogens with zero attached hydrogens (tertiary/aromatic N) is 8. The van der Waals surface area contributed by atoms with Gasteiger partial charge in [-0.15, -0.1) is 0 Å². The number of benzene rings is 12. The van der Waals surface area contributed by atoms with Gasteiger partial charge in [0.2, 0.25) is 0 Å². The van der Waals surface area contributed by atoms with E-state index in [0.29, 0.717) is 62.2 Å². The van der Waals surface area contributed by atoms with Gasteiger partial charge >= 0.3 is 0 Å². The summed E-state index contributed by atoms with van der Waals surface area (Å²) in [7, 11) is 0. The molecular formula is C94H50F7N9. The molecule has 0 aromatic heterocycles. The Hall–Kier alpha value is -16.8.